The summed E-state index contributed by atoms with van der Waals surface area (Å²) in [5, 5.41) is 48.7. The standard InChI is InChI=1S/C62H42N2O4.C62H40N2O2.C2H4O2.CH4.21H2/c65-61(41-17-5-1-6-18-41)53-35-31-46(64(44-23-11-4-12-24-44)48-30-34-52-50-26-14-16-28-58(50)68-60(52)40-48)38-56(53)62(66,42-19-7-2-8-20-42)54-36-32-45(37-55(54)61)63(43-21-9-3-10-22-43)47-29-33-51-49-25-13-15-27-57(49)67-59(51)39-47;1-5-17-41(18-6-1)61-53-35-31-46(64(44-23-11-4-12-24-44)48-30-34-52-50-26-14-16-28-58(50)66-60(52)40-48)38-56(53)62(42-19-7-2-8-20-42)54-36-32-45(37-55(54)61)63(43-21-9-3-10-22-43)47-29-33-51-49-25-13-15-27-57(49)65-59(51)39-47;1-2(3)4;;;;;;;;;;;;;;;;;;;;;;/h1-40,65-66H;1-40H;1H3,(H,3,4);1H4;21*1H/i;;;;20*1+1D;1+1. The second-order valence-corrected chi connectivity index (χ2v) is 34.9. The predicted molar refractivity (Wildman–Crippen MR) is 615 cm³/mol. The maximum atomic E-state index is 14.0. The van der Waals surface area contributed by atoms with Gasteiger partial charge in [-0.15, -0.1) is 0 Å². The Bertz CT molecular complexity index is 8560. The highest BCUT2D eigenvalue weighted by molar-refractivity contribution is 6.23. The number of rotatable bonds is 16. The van der Waals surface area contributed by atoms with E-state index < -0.39 is 17.2 Å². The summed E-state index contributed by atoms with van der Waals surface area (Å²) in [7, 11) is 0. The van der Waals surface area contributed by atoms with Gasteiger partial charge in [0.2, 0.25) is 0 Å². The molecule has 12 heteroatoms. The fraction of sp³-hybridized carbons (Fsp3) is 0.0315. The van der Waals surface area contributed by atoms with Crippen molar-refractivity contribution < 1.29 is 98.6 Å². The van der Waals surface area contributed by atoms with E-state index in [9.17, 15) is 10.2 Å². The van der Waals surface area contributed by atoms with Gasteiger partial charge in [0.25, 0.3) is 5.97 Å². The number of benzene rings is 21. The molecule has 4 heterocycles. The highest BCUT2D eigenvalue weighted by Crippen LogP contribution is 2.58. The van der Waals surface area contributed by atoms with Crippen LogP contribution in [0.25, 0.3) is 132 Å². The topological polar surface area (TPSA) is 143 Å². The number of hydrogen-bond donors (Lipinski definition) is 3. The highest BCUT2D eigenvalue weighted by atomic mass is 16.4. The number of aliphatic carboxylic acids is 1. The molecule has 0 amide bonds. The average Bonchev–Trinajstić information content (AvgIpc) is 0.816. The summed E-state index contributed by atoms with van der Waals surface area (Å²) in [5.74, 6) is -0.833. The fourth-order valence-corrected chi connectivity index (χ4v) is 20.7. The molecule has 0 bridgehead atoms. The number of carbonyl (C=O) groups is 1. The van der Waals surface area contributed by atoms with Crippen LogP contribution >= 0.6 is 0 Å². The van der Waals surface area contributed by atoms with Crippen molar-refractivity contribution in [2.45, 2.75) is 25.6 Å². The van der Waals surface area contributed by atoms with E-state index in [1.165, 1.54) is 32.7 Å². The molecule has 21 aromatic carbocycles. The zero-order chi connectivity index (χ0) is 133. The third kappa shape index (κ3) is 15.0. The number of fused-ring (bicyclic) bond motifs is 16. The molecule has 0 saturated carbocycles. The van der Waals surface area contributed by atoms with E-state index in [4.69, 9.17) is 87.0 Å². The third-order valence-corrected chi connectivity index (χ3v) is 26.7. The van der Waals surface area contributed by atoms with E-state index in [1.54, 1.807) is 0 Å². The smallest absolute Gasteiger partial charge is 0.300 e. The van der Waals surface area contributed by atoms with Gasteiger partial charge in [-0.05, 0) is 236 Å². The summed E-state index contributed by atoms with van der Waals surface area (Å²) in [6, 6.07) is 167. The Labute approximate surface area is 865 Å². The first-order chi connectivity index (χ1) is 87.9. The molecule has 1 aliphatic carbocycles. The van der Waals surface area contributed by atoms with Gasteiger partial charge in [-0.3, -0.25) is 4.79 Å². The molecule has 0 fully saturated rings. The van der Waals surface area contributed by atoms with Crippen LogP contribution in [0.15, 0.2) is 503 Å². The molecular formula is C127H132N4O8. The number of furan rings is 4. The molecule has 2 unspecified atom stereocenters. The lowest BCUT2D eigenvalue weighted by atomic mass is 9.63. The Morgan fingerprint density at radius 3 is 0.683 bits per heavy atom. The van der Waals surface area contributed by atoms with E-state index in [2.05, 4.69) is 311 Å². The van der Waals surface area contributed by atoms with Crippen LogP contribution in [0.5, 0.6) is 0 Å². The van der Waals surface area contributed by atoms with Gasteiger partial charge in [-0.25, -0.2) is 0 Å². The summed E-state index contributed by atoms with van der Waals surface area (Å²) < 4.78 is 226. The first-order valence-corrected chi connectivity index (χ1v) is 46.2. The van der Waals surface area contributed by atoms with E-state index in [0.29, 0.717) is 33.4 Å². The van der Waals surface area contributed by atoms with Crippen molar-refractivity contribution in [3.63, 3.8) is 0 Å². The van der Waals surface area contributed by atoms with Crippen LogP contribution in [0.3, 0.4) is 0 Å². The first kappa shape index (κ1) is 65.5. The van der Waals surface area contributed by atoms with Gasteiger partial charge in [-0.2, -0.15) is 0 Å². The Kier molecular flexibility index (Phi) is 16.7. The average molecular weight is 1880 g/mol. The molecule has 26 rings (SSSR count). The lowest BCUT2D eigenvalue weighted by Gasteiger charge is -2.46. The number of nitrogens with zero attached hydrogens (tertiary/aromatic N) is 4. The predicted octanol–water partition coefficient (Wildman–Crippen LogP) is 39.3. The summed E-state index contributed by atoms with van der Waals surface area (Å²) in [4.78, 5) is 18.0. The minimum absolute atomic E-state index is 0. The maximum absolute atomic E-state index is 14.0. The van der Waals surface area contributed by atoms with E-state index in [0.717, 1.165) is 174 Å². The van der Waals surface area contributed by atoms with Crippen molar-refractivity contribution in [1.29, 1.82) is 0 Å². The SMILES string of the molecule is C.CC(=O)O.OC1(c2ccccc2)c2ccc(N(c3ccccc3)c3ccc4c(c3)oc3ccccc34)cc2C(O)(c2ccccc2)c2ccc(N(c3ccccc3)c3ccc4c(c3)oc3ccccc34)cc21.[2HH].[2H][2H].[2H][2H].[2H][2H].[2H][2H].[2H][2H].[2H][2H].[2H][2H].[2H][2H].[2H][2H].[2H][2H].[2H][2H].[2H][2H].[2H][2H].[2H][2H].[2H][2H].[2H][2H].[2H][2H].[2H][2H].[2H][2H].[2H][2H].c1ccc(-c2c3ccc(N(c4ccccc4)c4ccc5c(c4)oc4ccccc45)cc3c(-c3ccccc3)c3ccc(N(c4ccccc4)c4ccc5c(c4)oc4ccccc45)cc23)cc1. The van der Waals surface area contributed by atoms with Crippen molar-refractivity contribution in [2.24, 2.45) is 0 Å². The molecule has 708 valence electrons. The molecule has 0 aliphatic heterocycles. The van der Waals surface area contributed by atoms with Crippen molar-refractivity contribution in [3.8, 4) is 22.3 Å². The number of aliphatic hydroxyl groups is 2. The molecule has 0 spiro atoms. The van der Waals surface area contributed by atoms with Crippen molar-refractivity contribution in [2.75, 3.05) is 19.6 Å². The molecule has 12 nitrogen and oxygen atoms in total. The highest BCUT2D eigenvalue weighted by Gasteiger charge is 2.52. The van der Waals surface area contributed by atoms with Gasteiger partial charge in [0.15, 0.2) is 0 Å². The Balaban J connectivity index is 0.000000922. The molecule has 139 heavy (non-hydrogen) atoms. The van der Waals surface area contributed by atoms with Crippen molar-refractivity contribution in [1.82, 2.24) is 0 Å². The maximum Gasteiger partial charge on any atom is 0.300 e. The van der Waals surface area contributed by atoms with Gasteiger partial charge < -0.3 is 52.6 Å². The second kappa shape index (κ2) is 35.4. The van der Waals surface area contributed by atoms with Crippen molar-refractivity contribution >= 4 is 184 Å². The lowest BCUT2D eigenvalue weighted by Crippen LogP contribution is -2.44. The summed E-state index contributed by atoms with van der Waals surface area (Å²) in [6.45, 7) is 1.08. The number of para-hydroxylation sites is 8. The molecule has 25 aromatic rings. The summed E-state index contributed by atoms with van der Waals surface area (Å²) in [6.07, 6.45) is 0. The van der Waals surface area contributed by atoms with Crippen LogP contribution in [0.2, 0.25) is 0 Å². The summed E-state index contributed by atoms with van der Waals surface area (Å²) in [5.41, 5.74) is 23.0. The largest absolute Gasteiger partial charge is 0.481 e. The normalized spacial score (nSPS) is 14.9. The van der Waals surface area contributed by atoms with Gasteiger partial charge in [-0.1, -0.05) is 299 Å². The van der Waals surface area contributed by atoms with E-state index >= 15 is 0 Å². The number of carboxylic acid groups (broad SMARTS) is 1. The zero-order valence-electron chi connectivity index (χ0n) is 115. The Morgan fingerprint density at radius 1 is 0.216 bits per heavy atom. The van der Waals surface area contributed by atoms with Gasteiger partial charge >= 0.3 is 0 Å². The minimum Gasteiger partial charge on any atom is -0.481 e. The number of anilines is 12. The monoisotopic (exact) mass is 1880 g/mol. The quantitative estimate of drug-likeness (QED) is 0.0793. The van der Waals surface area contributed by atoms with Crippen LogP contribution in [0.4, 0.5) is 68.2 Å². The van der Waals surface area contributed by atoms with E-state index in [-0.39, 0.29) is 8.85 Å². The first-order valence-electron chi connectivity index (χ1n) is 66.2. The van der Waals surface area contributed by atoms with Gasteiger partial charge in [0.1, 0.15) is 55.9 Å². The molecular weight excluding hydrogens is 1710 g/mol. The molecule has 0 saturated heterocycles. The minimum atomic E-state index is -1.71. The molecule has 1 aliphatic rings. The summed E-state index contributed by atoms with van der Waals surface area (Å²) >= 11 is 0. The van der Waals surface area contributed by atoms with Crippen molar-refractivity contribution in [3.05, 3.63) is 519 Å². The van der Waals surface area contributed by atoms with Gasteiger partial charge in [0, 0.05) is 214 Å². The van der Waals surface area contributed by atoms with E-state index in [1.807, 2.05) is 194 Å². The number of carboxylic acids is 1. The molecule has 2 atom stereocenters. The molecule has 3 N–H and O–H groups in total. The van der Waals surface area contributed by atoms with Crippen LogP contribution in [-0.2, 0) is 16.0 Å². The lowest BCUT2D eigenvalue weighted by molar-refractivity contribution is -0.134. The zero-order valence-corrected chi connectivity index (χ0v) is 74.9. The van der Waals surface area contributed by atoms with Gasteiger partial charge in [0.05, 0.1) is 0 Å². The Hall–Kier alpha value is -18.1. The fourth-order valence-electron chi connectivity index (χ4n) is 20.7. The van der Waals surface area contributed by atoms with Crippen LogP contribution in [0, 0.1) is 0 Å². The molecule has 0 radical (unpaired) electrons. The van der Waals surface area contributed by atoms with Crippen LogP contribution in [-0.4, -0.2) is 21.3 Å². The Morgan fingerprint density at radius 2 is 0.417 bits per heavy atom. The number of hydrogen-bond acceptors (Lipinski definition) is 11. The van der Waals surface area contributed by atoms with Crippen LogP contribution in [0.1, 0.15) is 109 Å². The molecule has 4 aromatic heterocycles. The second-order valence-electron chi connectivity index (χ2n) is 34.9. The van der Waals surface area contributed by atoms with Crippen LogP contribution < -0.4 is 19.6 Å². The third-order valence-electron chi connectivity index (χ3n) is 26.7.